The number of aryl methyl sites for hydroxylation is 1. The highest BCUT2D eigenvalue weighted by molar-refractivity contribution is 5.76. The minimum Gasteiger partial charge on any atom is -0.396 e. The van der Waals surface area contributed by atoms with E-state index < -0.39 is 0 Å². The van der Waals surface area contributed by atoms with Crippen LogP contribution in [0.2, 0.25) is 0 Å². The van der Waals surface area contributed by atoms with Gasteiger partial charge in [0.2, 0.25) is 0 Å². The first-order valence-corrected chi connectivity index (χ1v) is 9.11. The lowest BCUT2D eigenvalue weighted by atomic mass is 9.85. The van der Waals surface area contributed by atoms with Gasteiger partial charge in [-0.3, -0.25) is 0 Å². The third-order valence-corrected chi connectivity index (χ3v) is 5.62. The molecular formula is C19H27N3O2. The maximum atomic E-state index is 9.64. The summed E-state index contributed by atoms with van der Waals surface area (Å²) in [6, 6.07) is 9.02. The molecule has 0 saturated carbocycles. The van der Waals surface area contributed by atoms with Crippen LogP contribution < -0.4 is 0 Å². The van der Waals surface area contributed by atoms with Crippen LogP contribution in [0, 0.1) is 5.41 Å². The third-order valence-electron chi connectivity index (χ3n) is 5.62. The maximum Gasteiger partial charge on any atom is 0.109 e. The topological polar surface area (TPSA) is 50.5 Å². The molecule has 2 fully saturated rings. The van der Waals surface area contributed by atoms with Gasteiger partial charge in [0, 0.05) is 32.1 Å². The summed E-state index contributed by atoms with van der Waals surface area (Å²) in [5.41, 5.74) is 2.37. The number of benzene rings is 1. The summed E-state index contributed by atoms with van der Waals surface area (Å²) in [6.07, 6.45) is 3.27. The average molecular weight is 329 g/mol. The van der Waals surface area contributed by atoms with Crippen LogP contribution in [0.3, 0.4) is 0 Å². The molecule has 0 radical (unpaired) electrons. The second-order valence-electron chi connectivity index (χ2n) is 7.40. The zero-order chi connectivity index (χ0) is 16.6. The van der Waals surface area contributed by atoms with Gasteiger partial charge in [-0.2, -0.15) is 0 Å². The van der Waals surface area contributed by atoms with Gasteiger partial charge in [0.1, 0.15) is 5.82 Å². The Bertz CT molecular complexity index is 694. The summed E-state index contributed by atoms with van der Waals surface area (Å²) in [4.78, 5) is 7.32. The Kier molecular flexibility index (Phi) is 4.33. The predicted molar refractivity (Wildman–Crippen MR) is 94.2 cm³/mol. The molecule has 5 heteroatoms. The monoisotopic (exact) mass is 329 g/mol. The summed E-state index contributed by atoms with van der Waals surface area (Å²) in [7, 11) is 0. The number of imidazole rings is 1. The summed E-state index contributed by atoms with van der Waals surface area (Å²) >= 11 is 0. The highest BCUT2D eigenvalue weighted by Crippen LogP contribution is 2.32. The largest absolute Gasteiger partial charge is 0.396 e. The molecule has 2 aromatic rings. The summed E-state index contributed by atoms with van der Waals surface area (Å²) in [6.45, 7) is 6.96. The highest BCUT2D eigenvalue weighted by atomic mass is 16.5. The molecule has 4 rings (SSSR count). The van der Waals surface area contributed by atoms with Crippen LogP contribution in [0.5, 0.6) is 0 Å². The predicted octanol–water partition coefficient (Wildman–Crippen LogP) is 2.24. The molecule has 0 spiro atoms. The third kappa shape index (κ3) is 2.75. The SMILES string of the molecule is CCc1nc2ccccc2n1C1CCN(CC2(CO)COC2)CC1. The Hall–Kier alpha value is -1.43. The molecule has 0 bridgehead atoms. The zero-order valence-corrected chi connectivity index (χ0v) is 14.4. The number of aromatic nitrogens is 2. The molecule has 130 valence electrons. The molecule has 2 aliphatic heterocycles. The number of fused-ring (bicyclic) bond motifs is 1. The van der Waals surface area contributed by atoms with Crippen molar-refractivity contribution in [2.24, 2.45) is 5.41 Å². The molecule has 0 unspecified atom stereocenters. The molecule has 5 nitrogen and oxygen atoms in total. The standard InChI is InChI=1S/C19H27N3O2/c1-2-18-20-16-5-3-4-6-17(16)22(18)15-7-9-21(10-8-15)11-19(12-23)13-24-14-19/h3-6,15,23H,2,7-14H2,1H3. The Balaban J connectivity index is 1.48. The van der Waals surface area contributed by atoms with E-state index in [0.717, 1.165) is 44.4 Å². The van der Waals surface area contributed by atoms with Gasteiger partial charge in [0.25, 0.3) is 0 Å². The maximum absolute atomic E-state index is 9.64. The minimum atomic E-state index is -0.0108. The van der Waals surface area contributed by atoms with E-state index in [-0.39, 0.29) is 12.0 Å². The van der Waals surface area contributed by atoms with Gasteiger partial charge in [-0.25, -0.2) is 4.98 Å². The number of ether oxygens (including phenoxy) is 1. The summed E-state index contributed by atoms with van der Waals surface area (Å²) in [5, 5.41) is 9.64. The van der Waals surface area contributed by atoms with Gasteiger partial charge < -0.3 is 19.3 Å². The Morgan fingerprint density at radius 3 is 2.62 bits per heavy atom. The Morgan fingerprint density at radius 1 is 1.25 bits per heavy atom. The van der Waals surface area contributed by atoms with Gasteiger partial charge in [-0.15, -0.1) is 0 Å². The summed E-state index contributed by atoms with van der Waals surface area (Å²) in [5.74, 6) is 1.20. The van der Waals surface area contributed by atoms with Crippen molar-refractivity contribution >= 4 is 11.0 Å². The summed E-state index contributed by atoms with van der Waals surface area (Å²) < 4.78 is 7.80. The Morgan fingerprint density at radius 2 is 2.00 bits per heavy atom. The van der Waals surface area contributed by atoms with Gasteiger partial charge in [0.15, 0.2) is 0 Å². The Labute approximate surface area is 143 Å². The van der Waals surface area contributed by atoms with E-state index >= 15 is 0 Å². The molecule has 0 atom stereocenters. The van der Waals surface area contributed by atoms with E-state index in [0.29, 0.717) is 19.3 Å². The highest BCUT2D eigenvalue weighted by Gasteiger charge is 2.40. The van der Waals surface area contributed by atoms with Crippen LogP contribution in [0.25, 0.3) is 11.0 Å². The van der Waals surface area contributed by atoms with Crippen molar-refractivity contribution in [1.29, 1.82) is 0 Å². The van der Waals surface area contributed by atoms with Crippen LogP contribution in [0.4, 0.5) is 0 Å². The second kappa shape index (κ2) is 6.47. The molecule has 1 aromatic heterocycles. The smallest absolute Gasteiger partial charge is 0.109 e. The number of likely N-dealkylation sites (tertiary alicyclic amines) is 1. The van der Waals surface area contributed by atoms with Crippen molar-refractivity contribution in [2.75, 3.05) is 39.5 Å². The fourth-order valence-electron chi connectivity index (χ4n) is 4.18. The van der Waals surface area contributed by atoms with Crippen LogP contribution in [0.15, 0.2) is 24.3 Å². The zero-order valence-electron chi connectivity index (χ0n) is 14.4. The molecule has 2 aliphatic rings. The van der Waals surface area contributed by atoms with E-state index in [1.165, 1.54) is 11.3 Å². The average Bonchev–Trinajstić information content (AvgIpc) is 2.97. The number of aliphatic hydroxyl groups is 1. The molecule has 3 heterocycles. The van der Waals surface area contributed by atoms with Crippen molar-refractivity contribution in [3.8, 4) is 0 Å². The lowest BCUT2D eigenvalue weighted by molar-refractivity contribution is -0.150. The lowest BCUT2D eigenvalue weighted by Gasteiger charge is -2.45. The van der Waals surface area contributed by atoms with Gasteiger partial charge in [0.05, 0.1) is 36.3 Å². The van der Waals surface area contributed by atoms with Crippen LogP contribution in [-0.4, -0.2) is 59.0 Å². The molecule has 1 aromatic carbocycles. The molecule has 2 saturated heterocycles. The molecule has 0 aliphatic carbocycles. The van der Waals surface area contributed by atoms with Gasteiger partial charge >= 0.3 is 0 Å². The molecular weight excluding hydrogens is 302 g/mol. The first kappa shape index (κ1) is 16.1. The van der Waals surface area contributed by atoms with Crippen LogP contribution >= 0.6 is 0 Å². The minimum absolute atomic E-state index is 0.0108. The van der Waals surface area contributed by atoms with Crippen molar-refractivity contribution in [2.45, 2.75) is 32.2 Å². The van der Waals surface area contributed by atoms with E-state index in [2.05, 4.69) is 40.7 Å². The van der Waals surface area contributed by atoms with Crippen LogP contribution in [-0.2, 0) is 11.2 Å². The van der Waals surface area contributed by atoms with E-state index in [1.54, 1.807) is 0 Å². The number of piperidine rings is 1. The van der Waals surface area contributed by atoms with Crippen molar-refractivity contribution in [3.63, 3.8) is 0 Å². The molecule has 24 heavy (non-hydrogen) atoms. The normalized spacial score (nSPS) is 21.9. The van der Waals surface area contributed by atoms with E-state index in [1.807, 2.05) is 0 Å². The molecule has 1 N–H and O–H groups in total. The molecule has 0 amide bonds. The fourth-order valence-corrected chi connectivity index (χ4v) is 4.18. The number of aliphatic hydroxyl groups excluding tert-OH is 1. The van der Waals surface area contributed by atoms with Crippen LogP contribution in [0.1, 0.15) is 31.6 Å². The first-order valence-electron chi connectivity index (χ1n) is 9.11. The fraction of sp³-hybridized carbons (Fsp3) is 0.632. The number of hydrogen-bond acceptors (Lipinski definition) is 4. The number of hydrogen-bond donors (Lipinski definition) is 1. The number of rotatable bonds is 5. The van der Waals surface area contributed by atoms with Crippen molar-refractivity contribution in [1.82, 2.24) is 14.5 Å². The first-order chi connectivity index (χ1) is 11.7. The van der Waals surface area contributed by atoms with E-state index in [9.17, 15) is 5.11 Å². The number of para-hydroxylation sites is 2. The lowest BCUT2D eigenvalue weighted by Crippen LogP contribution is -2.54. The number of nitrogens with zero attached hydrogens (tertiary/aromatic N) is 3. The van der Waals surface area contributed by atoms with Gasteiger partial charge in [-0.05, 0) is 25.0 Å². The second-order valence-corrected chi connectivity index (χ2v) is 7.40. The quantitative estimate of drug-likeness (QED) is 0.914. The van der Waals surface area contributed by atoms with Crippen molar-refractivity contribution in [3.05, 3.63) is 30.1 Å². The van der Waals surface area contributed by atoms with Crippen molar-refractivity contribution < 1.29 is 9.84 Å². The van der Waals surface area contributed by atoms with Gasteiger partial charge in [-0.1, -0.05) is 19.1 Å². The van der Waals surface area contributed by atoms with E-state index in [4.69, 9.17) is 9.72 Å².